The van der Waals surface area contributed by atoms with Gasteiger partial charge in [0.2, 0.25) is 10.0 Å². The van der Waals surface area contributed by atoms with Crippen LogP contribution in [0.25, 0.3) is 11.0 Å². The summed E-state index contributed by atoms with van der Waals surface area (Å²) in [7, 11) is -2.53. The highest BCUT2D eigenvalue weighted by molar-refractivity contribution is 7.89. The van der Waals surface area contributed by atoms with Crippen molar-refractivity contribution in [2.45, 2.75) is 30.3 Å². The van der Waals surface area contributed by atoms with E-state index in [2.05, 4.69) is 14.7 Å². The summed E-state index contributed by atoms with van der Waals surface area (Å²) in [6.45, 7) is 1.72. The monoisotopic (exact) mass is 418 g/mol. The van der Waals surface area contributed by atoms with Gasteiger partial charge in [-0.2, -0.15) is 0 Å². The Labute approximate surface area is 167 Å². The summed E-state index contributed by atoms with van der Waals surface area (Å²) < 4.78 is 29.2. The summed E-state index contributed by atoms with van der Waals surface area (Å²) >= 11 is 0. The highest BCUT2D eigenvalue weighted by Crippen LogP contribution is 2.21. The van der Waals surface area contributed by atoms with Gasteiger partial charge in [0.25, 0.3) is 5.56 Å². The van der Waals surface area contributed by atoms with Crippen molar-refractivity contribution in [3.8, 4) is 0 Å². The van der Waals surface area contributed by atoms with Gasteiger partial charge in [0.05, 0.1) is 11.5 Å². The molecule has 0 bridgehead atoms. The van der Waals surface area contributed by atoms with E-state index in [4.69, 9.17) is 0 Å². The molecule has 29 heavy (non-hydrogen) atoms. The number of nitrogens with one attached hydrogen (secondary N) is 2. The molecular formula is C19H22N4O5S. The largest absolute Gasteiger partial charge is 0.393 e. The zero-order valence-electron chi connectivity index (χ0n) is 16.0. The Morgan fingerprint density at radius 1 is 1.24 bits per heavy atom. The van der Waals surface area contributed by atoms with Gasteiger partial charge in [-0.3, -0.25) is 14.3 Å². The van der Waals surface area contributed by atoms with E-state index in [9.17, 15) is 23.1 Å². The summed E-state index contributed by atoms with van der Waals surface area (Å²) in [5.41, 5.74) is -0.343. The smallest absolute Gasteiger partial charge is 0.329 e. The van der Waals surface area contributed by atoms with Crippen molar-refractivity contribution < 1.29 is 13.5 Å². The van der Waals surface area contributed by atoms with Crippen LogP contribution in [0.1, 0.15) is 24.8 Å². The number of hydrogen-bond acceptors (Lipinski definition) is 6. The lowest BCUT2D eigenvalue weighted by Gasteiger charge is -2.19. The molecule has 0 aliphatic carbocycles. The third kappa shape index (κ3) is 4.61. The lowest BCUT2D eigenvalue weighted by molar-refractivity contribution is 0.174. The van der Waals surface area contributed by atoms with E-state index in [-0.39, 0.29) is 28.4 Å². The van der Waals surface area contributed by atoms with E-state index in [1.54, 1.807) is 6.92 Å². The quantitative estimate of drug-likeness (QED) is 0.510. The van der Waals surface area contributed by atoms with E-state index >= 15 is 0 Å². The van der Waals surface area contributed by atoms with Gasteiger partial charge in [0.1, 0.15) is 10.5 Å². The van der Waals surface area contributed by atoms with Crippen LogP contribution in [0.3, 0.4) is 0 Å². The fourth-order valence-electron chi connectivity index (χ4n) is 3.13. The number of aromatic amines is 1. The first-order valence-electron chi connectivity index (χ1n) is 9.01. The first kappa shape index (κ1) is 20.9. The van der Waals surface area contributed by atoms with Crippen molar-refractivity contribution in [1.82, 2.24) is 19.3 Å². The number of pyridine rings is 1. The van der Waals surface area contributed by atoms with E-state index < -0.39 is 27.4 Å². The Morgan fingerprint density at radius 3 is 2.59 bits per heavy atom. The van der Waals surface area contributed by atoms with Crippen LogP contribution < -0.4 is 16.0 Å². The van der Waals surface area contributed by atoms with Gasteiger partial charge >= 0.3 is 5.69 Å². The van der Waals surface area contributed by atoms with Crippen molar-refractivity contribution in [2.75, 3.05) is 6.54 Å². The molecule has 0 saturated heterocycles. The van der Waals surface area contributed by atoms with E-state index in [1.165, 1.54) is 13.1 Å². The van der Waals surface area contributed by atoms with E-state index in [0.717, 1.165) is 16.3 Å². The summed E-state index contributed by atoms with van der Waals surface area (Å²) in [4.78, 5) is 29.6. The number of rotatable bonds is 7. The molecule has 2 aromatic heterocycles. The number of aryl methyl sites for hydroxylation is 1. The maximum atomic E-state index is 12.8. The SMILES string of the molecule is C[C@H](O)C[C@H](CNS(=O)(=O)c1cnc2c(c1)c(=O)[nH]c(=O)n2C)c1ccccc1. The number of benzene rings is 1. The van der Waals surface area contributed by atoms with Crippen molar-refractivity contribution in [1.29, 1.82) is 0 Å². The van der Waals surface area contributed by atoms with Crippen LogP contribution in [0.15, 0.2) is 57.1 Å². The van der Waals surface area contributed by atoms with Gasteiger partial charge in [-0.05, 0) is 30.9 Å². The van der Waals surface area contributed by atoms with Crippen molar-refractivity contribution in [3.05, 3.63) is 69.0 Å². The third-order valence-electron chi connectivity index (χ3n) is 4.66. The van der Waals surface area contributed by atoms with Crippen LogP contribution in [0.5, 0.6) is 0 Å². The van der Waals surface area contributed by atoms with Gasteiger partial charge in [-0.15, -0.1) is 0 Å². The molecule has 9 nitrogen and oxygen atoms in total. The molecule has 3 N–H and O–H groups in total. The Balaban J connectivity index is 1.90. The fraction of sp³-hybridized carbons (Fsp3) is 0.316. The van der Waals surface area contributed by atoms with Crippen molar-refractivity contribution in [3.63, 3.8) is 0 Å². The Hall–Kier alpha value is -2.82. The molecular weight excluding hydrogens is 396 g/mol. The number of aliphatic hydroxyl groups is 1. The zero-order valence-corrected chi connectivity index (χ0v) is 16.8. The maximum Gasteiger partial charge on any atom is 0.329 e. The lowest BCUT2D eigenvalue weighted by Crippen LogP contribution is -2.31. The van der Waals surface area contributed by atoms with Crippen LogP contribution in [-0.4, -0.2) is 40.7 Å². The number of hydrogen-bond donors (Lipinski definition) is 3. The Morgan fingerprint density at radius 2 is 1.93 bits per heavy atom. The van der Waals surface area contributed by atoms with Crippen molar-refractivity contribution in [2.24, 2.45) is 7.05 Å². The number of aliphatic hydroxyl groups excluding tert-OH is 1. The maximum absolute atomic E-state index is 12.8. The number of aromatic nitrogens is 3. The molecule has 0 spiro atoms. The molecule has 3 rings (SSSR count). The molecule has 2 heterocycles. The minimum atomic E-state index is -3.96. The molecule has 154 valence electrons. The van der Waals surface area contributed by atoms with Crippen LogP contribution in [0.4, 0.5) is 0 Å². The molecule has 3 aromatic rings. The first-order chi connectivity index (χ1) is 13.7. The number of nitrogens with zero attached hydrogens (tertiary/aromatic N) is 2. The third-order valence-corrected chi connectivity index (χ3v) is 6.05. The molecule has 1 aromatic carbocycles. The van der Waals surface area contributed by atoms with Gasteiger partial charge in [-0.1, -0.05) is 30.3 Å². The zero-order chi connectivity index (χ0) is 21.2. The minimum absolute atomic E-state index is 0.00133. The Kier molecular flexibility index (Phi) is 5.96. The fourth-order valence-corrected chi connectivity index (χ4v) is 4.18. The minimum Gasteiger partial charge on any atom is -0.393 e. The number of sulfonamides is 1. The molecule has 0 radical (unpaired) electrons. The van der Waals surface area contributed by atoms with Gasteiger partial charge in [0, 0.05) is 19.8 Å². The summed E-state index contributed by atoms with van der Waals surface area (Å²) in [5.74, 6) is -0.233. The average molecular weight is 418 g/mol. The number of fused-ring (bicyclic) bond motifs is 1. The molecule has 0 aliphatic rings. The van der Waals surface area contributed by atoms with Gasteiger partial charge in [-0.25, -0.2) is 22.9 Å². The lowest BCUT2D eigenvalue weighted by atomic mass is 9.94. The highest BCUT2D eigenvalue weighted by atomic mass is 32.2. The second-order valence-electron chi connectivity index (χ2n) is 6.90. The molecule has 0 amide bonds. The van der Waals surface area contributed by atoms with Crippen LogP contribution in [0.2, 0.25) is 0 Å². The molecule has 0 fully saturated rings. The first-order valence-corrected chi connectivity index (χ1v) is 10.5. The molecule has 2 atom stereocenters. The number of H-pyrrole nitrogens is 1. The van der Waals surface area contributed by atoms with E-state index in [0.29, 0.717) is 6.42 Å². The van der Waals surface area contributed by atoms with E-state index in [1.807, 2.05) is 30.3 Å². The molecule has 0 saturated carbocycles. The van der Waals surface area contributed by atoms with Gasteiger partial charge in [0.15, 0.2) is 0 Å². The summed E-state index contributed by atoms with van der Waals surface area (Å²) in [6, 6.07) is 10.5. The highest BCUT2D eigenvalue weighted by Gasteiger charge is 2.21. The molecule has 0 aliphatic heterocycles. The predicted molar refractivity (Wildman–Crippen MR) is 108 cm³/mol. The second-order valence-corrected chi connectivity index (χ2v) is 8.67. The standard InChI is InChI=1S/C19H22N4O5S/c1-12(24)8-14(13-6-4-3-5-7-13)10-21-29(27,28)15-9-16-17(20-11-15)23(2)19(26)22-18(16)25/h3-7,9,11-12,14,21,24H,8,10H2,1-2H3,(H,22,25,26)/t12-,14+/m0/s1. The Bertz CT molecular complexity index is 1230. The normalized spacial score (nSPS) is 14.0. The molecule has 0 unspecified atom stereocenters. The summed E-state index contributed by atoms with van der Waals surface area (Å²) in [6.07, 6.45) is 0.881. The van der Waals surface area contributed by atoms with Gasteiger partial charge < -0.3 is 5.11 Å². The average Bonchev–Trinajstić information content (AvgIpc) is 2.69. The summed E-state index contributed by atoms with van der Waals surface area (Å²) in [5, 5.41) is 9.77. The van der Waals surface area contributed by atoms with Crippen LogP contribution in [0, 0.1) is 0 Å². The second kappa shape index (κ2) is 8.27. The predicted octanol–water partition coefficient (Wildman–Crippen LogP) is 0.455. The van der Waals surface area contributed by atoms with Crippen LogP contribution >= 0.6 is 0 Å². The van der Waals surface area contributed by atoms with Crippen molar-refractivity contribution >= 4 is 21.1 Å². The topological polar surface area (TPSA) is 134 Å². The molecule has 10 heteroatoms. The van der Waals surface area contributed by atoms with Crippen LogP contribution in [-0.2, 0) is 17.1 Å².